The number of aliphatic hydroxyl groups excluding tert-OH is 1. The number of anilines is 1. The summed E-state index contributed by atoms with van der Waals surface area (Å²) in [7, 11) is 0. The van der Waals surface area contributed by atoms with Gasteiger partial charge in [0.05, 0.1) is 5.69 Å². The van der Waals surface area contributed by atoms with E-state index in [1.165, 1.54) is 0 Å². The lowest BCUT2D eigenvalue weighted by molar-refractivity contribution is 0.141. The van der Waals surface area contributed by atoms with Gasteiger partial charge in [-0.25, -0.2) is 4.98 Å². The fourth-order valence-electron chi connectivity index (χ4n) is 2.65. The Morgan fingerprint density at radius 1 is 1.12 bits per heavy atom. The number of nitrogens with one attached hydrogen (secondary N) is 1. The van der Waals surface area contributed by atoms with Crippen LogP contribution in [0.2, 0.25) is 5.02 Å². The Bertz CT molecular complexity index is 850. The molecule has 0 radical (unpaired) electrons. The standard InChI is InChI=1S/C20H21ClN2O/c1-3-13(2)20(24)23-18-12-14-8-4-5-9-15(14)19(22-18)16-10-6-7-11-17(16)21/h4-13,20,24H,3H2,1-2H3,(H,22,23). The molecule has 2 atom stereocenters. The summed E-state index contributed by atoms with van der Waals surface area (Å²) >= 11 is 6.38. The number of aliphatic hydroxyl groups is 1. The molecule has 0 saturated heterocycles. The second kappa shape index (κ2) is 7.20. The summed E-state index contributed by atoms with van der Waals surface area (Å²) in [5, 5.41) is 16.2. The van der Waals surface area contributed by atoms with Gasteiger partial charge in [-0.2, -0.15) is 0 Å². The molecular formula is C20H21ClN2O. The number of pyridine rings is 1. The zero-order valence-electron chi connectivity index (χ0n) is 13.8. The quantitative estimate of drug-likeness (QED) is 0.617. The molecule has 2 N–H and O–H groups in total. The third-order valence-electron chi connectivity index (χ3n) is 4.35. The minimum absolute atomic E-state index is 0.141. The third-order valence-corrected chi connectivity index (χ3v) is 4.68. The number of rotatable bonds is 5. The van der Waals surface area contributed by atoms with Gasteiger partial charge in [-0.15, -0.1) is 0 Å². The van der Waals surface area contributed by atoms with E-state index in [1.54, 1.807) is 0 Å². The largest absolute Gasteiger partial charge is 0.373 e. The molecule has 0 spiro atoms. The molecule has 0 aliphatic heterocycles. The fourth-order valence-corrected chi connectivity index (χ4v) is 2.87. The summed E-state index contributed by atoms with van der Waals surface area (Å²) in [5.41, 5.74) is 1.70. The zero-order chi connectivity index (χ0) is 17.1. The smallest absolute Gasteiger partial charge is 0.129 e. The summed E-state index contributed by atoms with van der Waals surface area (Å²) in [4.78, 5) is 4.73. The van der Waals surface area contributed by atoms with Gasteiger partial charge in [-0.1, -0.05) is 67.9 Å². The third kappa shape index (κ3) is 3.37. The van der Waals surface area contributed by atoms with Crippen molar-refractivity contribution in [1.29, 1.82) is 0 Å². The molecule has 2 aromatic carbocycles. The Kier molecular flexibility index (Phi) is 5.03. The normalized spacial score (nSPS) is 13.7. The van der Waals surface area contributed by atoms with E-state index < -0.39 is 6.23 Å². The van der Waals surface area contributed by atoms with Gasteiger partial charge in [0, 0.05) is 21.9 Å². The highest BCUT2D eigenvalue weighted by Crippen LogP contribution is 2.33. The van der Waals surface area contributed by atoms with Gasteiger partial charge in [0.2, 0.25) is 0 Å². The number of hydrogen-bond donors (Lipinski definition) is 2. The molecule has 2 unspecified atom stereocenters. The van der Waals surface area contributed by atoms with Crippen molar-refractivity contribution in [2.45, 2.75) is 26.5 Å². The lowest BCUT2D eigenvalue weighted by atomic mass is 10.0. The molecule has 0 saturated carbocycles. The van der Waals surface area contributed by atoms with Crippen LogP contribution in [0.4, 0.5) is 5.82 Å². The molecule has 1 heterocycles. The van der Waals surface area contributed by atoms with E-state index in [4.69, 9.17) is 16.6 Å². The van der Waals surface area contributed by atoms with Crippen LogP contribution in [0.15, 0.2) is 54.6 Å². The van der Waals surface area contributed by atoms with Gasteiger partial charge in [0.25, 0.3) is 0 Å². The number of benzene rings is 2. The molecule has 3 aromatic rings. The number of halogens is 1. The van der Waals surface area contributed by atoms with Crippen molar-refractivity contribution in [2.24, 2.45) is 5.92 Å². The molecule has 0 bridgehead atoms. The first-order chi connectivity index (χ1) is 11.6. The Morgan fingerprint density at radius 2 is 1.83 bits per heavy atom. The molecule has 0 amide bonds. The van der Waals surface area contributed by atoms with E-state index in [0.717, 1.165) is 28.5 Å². The van der Waals surface area contributed by atoms with E-state index in [2.05, 4.69) is 12.2 Å². The maximum absolute atomic E-state index is 10.3. The first kappa shape index (κ1) is 16.7. The molecule has 24 heavy (non-hydrogen) atoms. The van der Waals surface area contributed by atoms with Crippen LogP contribution in [0, 0.1) is 5.92 Å². The zero-order valence-corrected chi connectivity index (χ0v) is 14.6. The molecule has 124 valence electrons. The number of hydrogen-bond acceptors (Lipinski definition) is 3. The number of nitrogens with zero attached hydrogens (tertiary/aromatic N) is 1. The molecule has 1 aromatic heterocycles. The van der Waals surface area contributed by atoms with Gasteiger partial charge in [0.15, 0.2) is 0 Å². The molecule has 0 aliphatic rings. The van der Waals surface area contributed by atoms with Gasteiger partial charge in [-0.3, -0.25) is 0 Å². The van der Waals surface area contributed by atoms with Crippen LogP contribution in [0.5, 0.6) is 0 Å². The van der Waals surface area contributed by atoms with Gasteiger partial charge in [-0.05, 0) is 23.9 Å². The highest BCUT2D eigenvalue weighted by Gasteiger charge is 2.15. The van der Waals surface area contributed by atoms with Crippen molar-refractivity contribution in [3.8, 4) is 11.3 Å². The molecule has 3 rings (SSSR count). The summed E-state index contributed by atoms with van der Waals surface area (Å²) < 4.78 is 0. The predicted octanol–water partition coefficient (Wildman–Crippen LogP) is 5.33. The maximum Gasteiger partial charge on any atom is 0.129 e. The van der Waals surface area contributed by atoms with Crippen molar-refractivity contribution < 1.29 is 5.11 Å². The lowest BCUT2D eigenvalue weighted by Gasteiger charge is -2.20. The molecule has 0 fully saturated rings. The Hall–Kier alpha value is -2.10. The monoisotopic (exact) mass is 340 g/mol. The van der Waals surface area contributed by atoms with Crippen LogP contribution in [-0.4, -0.2) is 16.3 Å². The van der Waals surface area contributed by atoms with Crippen LogP contribution in [-0.2, 0) is 0 Å². The second-order valence-corrected chi connectivity index (χ2v) is 6.44. The minimum atomic E-state index is -0.636. The van der Waals surface area contributed by atoms with Crippen LogP contribution in [0.1, 0.15) is 20.3 Å². The summed E-state index contributed by atoms with van der Waals surface area (Å²) in [6.45, 7) is 4.06. The molecule has 3 nitrogen and oxygen atoms in total. The first-order valence-electron chi connectivity index (χ1n) is 8.19. The van der Waals surface area contributed by atoms with E-state index in [-0.39, 0.29) is 5.92 Å². The fraction of sp³-hybridized carbons (Fsp3) is 0.250. The molecule has 4 heteroatoms. The van der Waals surface area contributed by atoms with Crippen LogP contribution < -0.4 is 5.32 Å². The van der Waals surface area contributed by atoms with Crippen molar-refractivity contribution in [3.63, 3.8) is 0 Å². The van der Waals surface area contributed by atoms with E-state index >= 15 is 0 Å². The second-order valence-electron chi connectivity index (χ2n) is 6.03. The number of aromatic nitrogens is 1. The van der Waals surface area contributed by atoms with E-state index in [9.17, 15) is 5.11 Å². The highest BCUT2D eigenvalue weighted by molar-refractivity contribution is 6.33. The van der Waals surface area contributed by atoms with Crippen LogP contribution in [0.3, 0.4) is 0 Å². The SMILES string of the molecule is CCC(C)C(O)Nc1cc2ccccc2c(-c2ccccc2Cl)n1. The van der Waals surface area contributed by atoms with Gasteiger partial charge >= 0.3 is 0 Å². The summed E-state index contributed by atoms with van der Waals surface area (Å²) in [6, 6.07) is 17.7. The first-order valence-corrected chi connectivity index (χ1v) is 8.57. The highest BCUT2D eigenvalue weighted by atomic mass is 35.5. The summed E-state index contributed by atoms with van der Waals surface area (Å²) in [5.74, 6) is 0.790. The predicted molar refractivity (Wildman–Crippen MR) is 101 cm³/mol. The van der Waals surface area contributed by atoms with Crippen LogP contribution >= 0.6 is 11.6 Å². The minimum Gasteiger partial charge on any atom is -0.373 e. The average Bonchev–Trinajstić information content (AvgIpc) is 2.60. The lowest BCUT2D eigenvalue weighted by Crippen LogP contribution is -2.26. The maximum atomic E-state index is 10.3. The Labute approximate surface area is 147 Å². The average molecular weight is 341 g/mol. The summed E-state index contributed by atoms with van der Waals surface area (Å²) in [6.07, 6.45) is 0.252. The van der Waals surface area contributed by atoms with Gasteiger partial charge in [0.1, 0.15) is 12.0 Å². The molecular weight excluding hydrogens is 320 g/mol. The Morgan fingerprint density at radius 3 is 2.58 bits per heavy atom. The van der Waals surface area contributed by atoms with Crippen LogP contribution in [0.25, 0.3) is 22.0 Å². The van der Waals surface area contributed by atoms with E-state index in [1.807, 2.05) is 61.5 Å². The van der Waals surface area contributed by atoms with Crippen molar-refractivity contribution in [3.05, 3.63) is 59.6 Å². The molecule has 0 aliphatic carbocycles. The van der Waals surface area contributed by atoms with Crippen molar-refractivity contribution >= 4 is 28.2 Å². The number of fused-ring (bicyclic) bond motifs is 1. The Balaban J connectivity index is 2.12. The van der Waals surface area contributed by atoms with E-state index in [0.29, 0.717) is 10.8 Å². The van der Waals surface area contributed by atoms with Crippen molar-refractivity contribution in [1.82, 2.24) is 4.98 Å². The topological polar surface area (TPSA) is 45.1 Å². The van der Waals surface area contributed by atoms with Gasteiger partial charge < -0.3 is 10.4 Å². The van der Waals surface area contributed by atoms with Crippen molar-refractivity contribution in [2.75, 3.05) is 5.32 Å².